The summed E-state index contributed by atoms with van der Waals surface area (Å²) in [7, 11) is 0. The maximum atomic E-state index is 9.45. The molecular weight excluding hydrogens is 160 g/mol. The molecule has 0 unspecified atom stereocenters. The van der Waals surface area contributed by atoms with Gasteiger partial charge in [-0.3, -0.25) is 0 Å². The molecule has 0 aliphatic carbocycles. The Hall–Kier alpha value is -0.160. The summed E-state index contributed by atoms with van der Waals surface area (Å²) in [6.45, 7) is 1.77. The summed E-state index contributed by atoms with van der Waals surface area (Å²) in [5.41, 5.74) is -0.206. The van der Waals surface area contributed by atoms with Gasteiger partial charge in [-0.2, -0.15) is 0 Å². The first kappa shape index (κ1) is 7.26. The van der Waals surface area contributed by atoms with Crippen molar-refractivity contribution in [3.63, 3.8) is 0 Å². The molecule has 0 aromatic carbocycles. The highest BCUT2D eigenvalue weighted by molar-refractivity contribution is 5.07. The normalized spacial score (nSPS) is 57.2. The Kier molecular flexibility index (Phi) is 1.33. The Morgan fingerprint density at radius 1 is 1.33 bits per heavy atom. The third-order valence-electron chi connectivity index (χ3n) is 3.08. The minimum Gasteiger partial charge on any atom is -0.388 e. The van der Waals surface area contributed by atoms with E-state index in [4.69, 9.17) is 14.2 Å². The van der Waals surface area contributed by atoms with Crippen LogP contribution in [0.1, 0.15) is 6.42 Å². The van der Waals surface area contributed by atoms with E-state index in [9.17, 15) is 5.11 Å². The average molecular weight is 172 g/mol. The molecule has 1 spiro atoms. The number of rotatable bonds is 0. The zero-order valence-electron chi connectivity index (χ0n) is 6.73. The fourth-order valence-corrected chi connectivity index (χ4v) is 2.27. The van der Waals surface area contributed by atoms with Crippen molar-refractivity contribution in [1.82, 2.24) is 0 Å². The van der Waals surface area contributed by atoms with Gasteiger partial charge in [-0.15, -0.1) is 0 Å². The van der Waals surface area contributed by atoms with Crippen LogP contribution in [0.2, 0.25) is 0 Å². The largest absolute Gasteiger partial charge is 0.388 e. The lowest BCUT2D eigenvalue weighted by Gasteiger charge is -2.40. The summed E-state index contributed by atoms with van der Waals surface area (Å²) >= 11 is 0. The number of aliphatic hydroxyl groups is 1. The van der Waals surface area contributed by atoms with Gasteiger partial charge in [0.2, 0.25) is 0 Å². The van der Waals surface area contributed by atoms with Crippen LogP contribution in [0.3, 0.4) is 0 Å². The van der Waals surface area contributed by atoms with Gasteiger partial charge in [0.1, 0.15) is 23.9 Å². The number of aliphatic hydroxyl groups excluding tert-OH is 1. The number of hydrogen-bond acceptors (Lipinski definition) is 4. The molecule has 3 rings (SSSR count). The molecule has 0 bridgehead atoms. The molecule has 3 saturated heterocycles. The number of ether oxygens (including phenoxy) is 3. The summed E-state index contributed by atoms with van der Waals surface area (Å²) in [6.07, 6.45) is 0.367. The standard InChI is InChI=1S/C8H12O4/c9-5-3-10-7-6(5)11-4-8(7)1-2-12-8/h5-7,9H,1-4H2/t5-,6-,7+,8+/m1/s1. The number of hydrogen-bond donors (Lipinski definition) is 1. The van der Waals surface area contributed by atoms with Crippen molar-refractivity contribution >= 4 is 0 Å². The summed E-state index contributed by atoms with van der Waals surface area (Å²) < 4.78 is 16.4. The lowest BCUT2D eigenvalue weighted by molar-refractivity contribution is -0.193. The summed E-state index contributed by atoms with van der Waals surface area (Å²) in [5, 5.41) is 9.45. The minimum absolute atomic E-state index is 0.0266. The molecule has 3 heterocycles. The highest BCUT2D eigenvalue weighted by atomic mass is 16.6. The topological polar surface area (TPSA) is 47.9 Å². The second-order valence-electron chi connectivity index (χ2n) is 3.76. The summed E-state index contributed by atoms with van der Waals surface area (Å²) in [5.74, 6) is 0. The summed E-state index contributed by atoms with van der Waals surface area (Å²) in [4.78, 5) is 0. The minimum atomic E-state index is -0.460. The van der Waals surface area contributed by atoms with Crippen LogP contribution < -0.4 is 0 Å². The average Bonchev–Trinajstić information content (AvgIpc) is 2.49. The Labute approximate surface area is 70.4 Å². The maximum Gasteiger partial charge on any atom is 0.122 e. The molecule has 3 fully saturated rings. The molecule has 3 aliphatic heterocycles. The van der Waals surface area contributed by atoms with Crippen LogP contribution in [0, 0.1) is 0 Å². The zero-order valence-corrected chi connectivity index (χ0v) is 6.73. The summed E-state index contributed by atoms with van der Waals surface area (Å²) in [6, 6.07) is 0. The monoisotopic (exact) mass is 172 g/mol. The van der Waals surface area contributed by atoms with Crippen molar-refractivity contribution in [2.75, 3.05) is 19.8 Å². The Morgan fingerprint density at radius 3 is 2.83 bits per heavy atom. The lowest BCUT2D eigenvalue weighted by Crippen LogP contribution is -2.54. The van der Waals surface area contributed by atoms with Gasteiger partial charge < -0.3 is 19.3 Å². The Balaban J connectivity index is 1.85. The quantitative estimate of drug-likeness (QED) is 0.525. The van der Waals surface area contributed by atoms with E-state index in [-0.39, 0.29) is 17.8 Å². The van der Waals surface area contributed by atoms with Gasteiger partial charge in [-0.25, -0.2) is 0 Å². The van der Waals surface area contributed by atoms with E-state index in [0.29, 0.717) is 13.2 Å². The van der Waals surface area contributed by atoms with E-state index in [1.54, 1.807) is 0 Å². The van der Waals surface area contributed by atoms with Crippen LogP contribution in [0.4, 0.5) is 0 Å². The van der Waals surface area contributed by atoms with Gasteiger partial charge >= 0.3 is 0 Å². The highest BCUT2D eigenvalue weighted by Gasteiger charge is 2.60. The second-order valence-corrected chi connectivity index (χ2v) is 3.76. The third-order valence-corrected chi connectivity index (χ3v) is 3.08. The second kappa shape index (κ2) is 2.20. The maximum absolute atomic E-state index is 9.45. The predicted molar refractivity (Wildman–Crippen MR) is 38.8 cm³/mol. The van der Waals surface area contributed by atoms with Crippen molar-refractivity contribution in [3.8, 4) is 0 Å². The molecule has 4 atom stereocenters. The molecule has 12 heavy (non-hydrogen) atoms. The van der Waals surface area contributed by atoms with Crippen molar-refractivity contribution < 1.29 is 19.3 Å². The van der Waals surface area contributed by atoms with Crippen molar-refractivity contribution in [2.45, 2.75) is 30.3 Å². The molecule has 0 aromatic heterocycles. The number of fused-ring (bicyclic) bond motifs is 2. The fraction of sp³-hybridized carbons (Fsp3) is 1.00. The van der Waals surface area contributed by atoms with Gasteiger partial charge in [0, 0.05) is 6.42 Å². The van der Waals surface area contributed by atoms with E-state index < -0.39 is 6.10 Å². The van der Waals surface area contributed by atoms with Gasteiger partial charge in [0.15, 0.2) is 0 Å². The van der Waals surface area contributed by atoms with Crippen LogP contribution >= 0.6 is 0 Å². The van der Waals surface area contributed by atoms with E-state index >= 15 is 0 Å². The van der Waals surface area contributed by atoms with E-state index in [1.807, 2.05) is 0 Å². The third kappa shape index (κ3) is 0.713. The zero-order chi connectivity index (χ0) is 8.18. The van der Waals surface area contributed by atoms with Crippen LogP contribution in [0.25, 0.3) is 0 Å². The Bertz CT molecular complexity index is 201. The van der Waals surface area contributed by atoms with E-state index in [2.05, 4.69) is 0 Å². The molecule has 0 saturated carbocycles. The predicted octanol–water partition coefficient (Wildman–Crippen LogP) is -0.696. The van der Waals surface area contributed by atoms with Crippen molar-refractivity contribution in [1.29, 1.82) is 0 Å². The van der Waals surface area contributed by atoms with E-state index in [1.165, 1.54) is 0 Å². The van der Waals surface area contributed by atoms with Crippen LogP contribution in [-0.2, 0) is 14.2 Å². The molecule has 68 valence electrons. The molecule has 3 aliphatic rings. The molecule has 4 nitrogen and oxygen atoms in total. The van der Waals surface area contributed by atoms with Gasteiger partial charge in [0.05, 0.1) is 19.8 Å². The van der Waals surface area contributed by atoms with Gasteiger partial charge in [-0.05, 0) is 0 Å². The SMILES string of the molecule is O[C@@H]1CO[C@H]2[C@@H]1OC[C@@]21CCO1. The lowest BCUT2D eigenvalue weighted by atomic mass is 9.89. The smallest absolute Gasteiger partial charge is 0.122 e. The molecule has 4 heteroatoms. The molecule has 0 aromatic rings. The van der Waals surface area contributed by atoms with Crippen molar-refractivity contribution in [3.05, 3.63) is 0 Å². The van der Waals surface area contributed by atoms with Crippen LogP contribution in [0.5, 0.6) is 0 Å². The van der Waals surface area contributed by atoms with Crippen LogP contribution in [-0.4, -0.2) is 48.8 Å². The Morgan fingerprint density at radius 2 is 2.17 bits per heavy atom. The molecule has 0 radical (unpaired) electrons. The fourth-order valence-electron chi connectivity index (χ4n) is 2.27. The first-order chi connectivity index (χ1) is 5.82. The van der Waals surface area contributed by atoms with E-state index in [0.717, 1.165) is 13.0 Å². The highest BCUT2D eigenvalue weighted by Crippen LogP contribution is 2.43. The first-order valence-corrected chi connectivity index (χ1v) is 4.37. The van der Waals surface area contributed by atoms with Gasteiger partial charge in [-0.1, -0.05) is 0 Å². The molecular formula is C8H12O4. The first-order valence-electron chi connectivity index (χ1n) is 4.37. The van der Waals surface area contributed by atoms with Crippen LogP contribution in [0.15, 0.2) is 0 Å². The molecule has 0 amide bonds. The molecule has 1 N–H and O–H groups in total. The van der Waals surface area contributed by atoms with Crippen molar-refractivity contribution in [2.24, 2.45) is 0 Å². The van der Waals surface area contributed by atoms with Gasteiger partial charge in [0.25, 0.3) is 0 Å².